The zero-order valence-corrected chi connectivity index (χ0v) is 35.5. The number of esters is 1. The Kier molecular flexibility index (Phi) is 12.8. The van der Waals surface area contributed by atoms with Gasteiger partial charge in [-0.25, -0.2) is 22.8 Å². The van der Waals surface area contributed by atoms with Gasteiger partial charge in [0.15, 0.2) is 5.75 Å². The lowest BCUT2D eigenvalue weighted by Gasteiger charge is -2.14. The van der Waals surface area contributed by atoms with Gasteiger partial charge in [-0.05, 0) is 112 Å². The van der Waals surface area contributed by atoms with E-state index in [1.54, 1.807) is 36.4 Å². The van der Waals surface area contributed by atoms with Gasteiger partial charge in [0.25, 0.3) is 11.8 Å². The summed E-state index contributed by atoms with van der Waals surface area (Å²) in [7, 11) is -2.71. The number of nitrogens with one attached hydrogen (secondary N) is 1. The molecule has 0 spiro atoms. The number of ether oxygens (including phenoxy) is 3. The monoisotopic (exact) mass is 856 g/mol. The highest BCUT2D eigenvalue weighted by Crippen LogP contribution is 2.40. The summed E-state index contributed by atoms with van der Waals surface area (Å²) in [5, 5.41) is 8.28. The van der Waals surface area contributed by atoms with Crippen molar-refractivity contribution < 1.29 is 36.5 Å². The predicted molar refractivity (Wildman–Crippen MR) is 230 cm³/mol. The fraction of sp³-hybridized carbons (Fsp3) is 0.311. The molecule has 3 N–H and O–H groups in total. The zero-order valence-electron chi connectivity index (χ0n) is 34.7. The third kappa shape index (κ3) is 9.50. The minimum Gasteiger partial charge on any atom is -0.502 e. The molecule has 2 atom stereocenters. The second-order valence-corrected chi connectivity index (χ2v) is 17.0. The molecular formula is C45H44N8O8S. The van der Waals surface area contributed by atoms with E-state index in [0.717, 1.165) is 47.8 Å². The maximum atomic E-state index is 12.3. The van der Waals surface area contributed by atoms with Crippen molar-refractivity contribution >= 4 is 27.4 Å². The van der Waals surface area contributed by atoms with Crippen LogP contribution in [0, 0.1) is 13.1 Å². The third-order valence-electron chi connectivity index (χ3n) is 10.2. The number of sulfonamides is 1. The summed E-state index contributed by atoms with van der Waals surface area (Å²) in [6, 6.07) is 21.5. The lowest BCUT2D eigenvalue weighted by molar-refractivity contribution is -0.137. The van der Waals surface area contributed by atoms with Crippen molar-refractivity contribution in [3.8, 4) is 57.2 Å². The van der Waals surface area contributed by atoms with Gasteiger partial charge in [0.1, 0.15) is 11.5 Å². The first-order valence-corrected chi connectivity index (χ1v) is 21.5. The van der Waals surface area contributed by atoms with Crippen molar-refractivity contribution in [2.24, 2.45) is 5.73 Å². The highest BCUT2D eigenvalue weighted by atomic mass is 32.2. The van der Waals surface area contributed by atoms with Crippen molar-refractivity contribution in [3.05, 3.63) is 118 Å². The zero-order chi connectivity index (χ0) is 44.1. The molecule has 0 radical (unpaired) electrons. The Balaban J connectivity index is 0.000000192. The van der Waals surface area contributed by atoms with Gasteiger partial charge >= 0.3 is 5.97 Å². The van der Waals surface area contributed by atoms with Crippen LogP contribution in [0.5, 0.6) is 11.5 Å². The van der Waals surface area contributed by atoms with Crippen LogP contribution in [0.4, 0.5) is 11.4 Å². The second kappa shape index (κ2) is 18.4. The van der Waals surface area contributed by atoms with E-state index in [4.69, 9.17) is 37.4 Å². The Hall–Kier alpha value is -6.92. The number of carbonyl (C=O) groups is 1. The summed E-state index contributed by atoms with van der Waals surface area (Å²) >= 11 is 0. The molecule has 6 aromatic rings. The van der Waals surface area contributed by atoms with Crippen molar-refractivity contribution in [2.45, 2.75) is 77.7 Å². The van der Waals surface area contributed by atoms with Crippen LogP contribution in [0.15, 0.2) is 81.8 Å². The predicted octanol–water partition coefficient (Wildman–Crippen LogP) is 8.51. The van der Waals surface area contributed by atoms with E-state index < -0.39 is 27.8 Å². The summed E-state index contributed by atoms with van der Waals surface area (Å²) in [4.78, 5) is 27.6. The molecule has 8 rings (SSSR count). The van der Waals surface area contributed by atoms with Crippen molar-refractivity contribution in [1.82, 2.24) is 25.0 Å². The average molecular weight is 857 g/mol. The van der Waals surface area contributed by atoms with E-state index in [1.165, 1.54) is 5.56 Å². The number of rotatable bonds is 12. The number of hydrogen-bond acceptors (Lipinski definition) is 13. The van der Waals surface area contributed by atoms with E-state index in [2.05, 4.69) is 45.5 Å². The van der Waals surface area contributed by atoms with Crippen LogP contribution in [0.2, 0.25) is 0 Å². The Morgan fingerprint density at radius 3 is 1.79 bits per heavy atom. The van der Waals surface area contributed by atoms with Crippen molar-refractivity contribution in [3.63, 3.8) is 0 Å². The molecule has 17 heteroatoms. The van der Waals surface area contributed by atoms with E-state index in [-0.39, 0.29) is 24.1 Å². The van der Waals surface area contributed by atoms with Crippen LogP contribution in [-0.4, -0.2) is 59.7 Å². The van der Waals surface area contributed by atoms with E-state index in [9.17, 15) is 13.2 Å². The molecule has 2 heterocycles. The molecular weight excluding hydrogens is 813 g/mol. The lowest BCUT2D eigenvalue weighted by Crippen LogP contribution is -2.33. The first kappa shape index (κ1) is 43.2. The first-order chi connectivity index (χ1) is 29.8. The second-order valence-electron chi connectivity index (χ2n) is 15.2. The number of nitrogens with zero attached hydrogens (tertiary/aromatic N) is 6. The summed E-state index contributed by atoms with van der Waals surface area (Å²) in [5.41, 5.74) is 14.0. The van der Waals surface area contributed by atoms with E-state index >= 15 is 0 Å². The Labute approximate surface area is 359 Å². The third-order valence-corrected chi connectivity index (χ3v) is 11.4. The minimum atomic E-state index is -3.86. The molecule has 2 aliphatic carbocycles. The summed E-state index contributed by atoms with van der Waals surface area (Å²) in [6.07, 6.45) is 2.92. The first-order valence-electron chi connectivity index (χ1n) is 19.9. The Bertz CT molecular complexity index is 2820. The SMILES string of the molecule is [C-]#[N+]c1cc(-c2nc(-c3cccc4c3CC[C@@H]4N)no2)ccc1OC(C)C.[C-]#[N+]c1cc(-c2nc(-c3cccc4c3CC[C@@H]4NS(=O)(=O)CC(=O)OC)no2)ccc1OC(C)C. The number of nitrogens with two attached hydrogens (primary N) is 1. The summed E-state index contributed by atoms with van der Waals surface area (Å²) < 4.78 is 54.0. The number of benzene rings is 4. The smallest absolute Gasteiger partial charge is 0.322 e. The van der Waals surface area contributed by atoms with Gasteiger partial charge in [0, 0.05) is 34.3 Å². The molecule has 0 saturated heterocycles. The van der Waals surface area contributed by atoms with Gasteiger partial charge in [0.05, 0.1) is 32.5 Å². The van der Waals surface area contributed by atoms with Crippen LogP contribution in [0.3, 0.4) is 0 Å². The van der Waals surface area contributed by atoms with Crippen LogP contribution in [0.25, 0.3) is 55.4 Å². The maximum Gasteiger partial charge on any atom is 0.322 e. The molecule has 62 heavy (non-hydrogen) atoms. The van der Waals surface area contributed by atoms with Crippen LogP contribution < -0.4 is 19.9 Å². The topological polar surface area (TPSA) is 204 Å². The molecule has 0 fully saturated rings. The molecule has 0 amide bonds. The highest BCUT2D eigenvalue weighted by Gasteiger charge is 2.31. The standard InChI is InChI=1S/C24H24N4O6S.C21H20N4O2/c1-14(2)33-21-11-8-15(12-20(21)25-3)24-26-23(27-34-24)18-7-5-6-17-16(18)9-10-19(17)28-35(30,31)13-22(29)32-4;1-12(2)26-19-10-7-13(11-18(19)23-3)21-24-20(25-27-21)16-6-4-5-15-14(16)8-9-17(15)22/h5-8,11-12,14,19,28H,9-10,13H2,1-2,4H3;4-7,10-12,17H,8-9,22H2,1-2H3/t19-;17-/m00/s1. The molecule has 0 aliphatic heterocycles. The van der Waals surface area contributed by atoms with Crippen LogP contribution in [-0.2, 0) is 32.4 Å². The van der Waals surface area contributed by atoms with E-state index in [1.807, 2.05) is 58.0 Å². The molecule has 4 aromatic carbocycles. The molecule has 318 valence electrons. The quantitative estimate of drug-likeness (QED) is 0.0876. The summed E-state index contributed by atoms with van der Waals surface area (Å²) in [6.45, 7) is 22.5. The van der Waals surface area contributed by atoms with Gasteiger partial charge in [-0.3, -0.25) is 4.79 Å². The fourth-order valence-electron chi connectivity index (χ4n) is 7.44. The maximum absolute atomic E-state index is 12.3. The lowest BCUT2D eigenvalue weighted by atomic mass is 10.0. The van der Waals surface area contributed by atoms with E-state index in [0.29, 0.717) is 64.4 Å². The number of fused-ring (bicyclic) bond motifs is 2. The number of hydrogen-bond donors (Lipinski definition) is 2. The van der Waals surface area contributed by atoms with Gasteiger partial charge in [0.2, 0.25) is 33.0 Å². The number of methoxy groups -OCH3 is 1. The van der Waals surface area contributed by atoms with Gasteiger partial charge in [-0.2, -0.15) is 9.97 Å². The van der Waals surface area contributed by atoms with Crippen LogP contribution in [0.1, 0.15) is 74.9 Å². The largest absolute Gasteiger partial charge is 0.502 e. The van der Waals surface area contributed by atoms with Crippen LogP contribution >= 0.6 is 0 Å². The Morgan fingerprint density at radius 2 is 1.29 bits per heavy atom. The van der Waals surface area contributed by atoms with Crippen molar-refractivity contribution in [2.75, 3.05) is 12.9 Å². The van der Waals surface area contributed by atoms with Gasteiger partial charge in [-0.15, -0.1) is 0 Å². The molecule has 2 aliphatic rings. The molecule has 16 nitrogen and oxygen atoms in total. The highest BCUT2D eigenvalue weighted by molar-refractivity contribution is 7.90. The molecule has 2 aromatic heterocycles. The number of aromatic nitrogens is 4. The number of carbonyl (C=O) groups excluding carboxylic acids is 1. The Morgan fingerprint density at radius 1 is 0.790 bits per heavy atom. The summed E-state index contributed by atoms with van der Waals surface area (Å²) in [5.74, 6) is 1.02. The average Bonchev–Trinajstić information content (AvgIpc) is 4.09. The van der Waals surface area contributed by atoms with Crippen molar-refractivity contribution in [1.29, 1.82) is 0 Å². The molecule has 0 bridgehead atoms. The molecule has 0 unspecified atom stereocenters. The van der Waals surface area contributed by atoms with Gasteiger partial charge < -0.3 is 29.0 Å². The van der Waals surface area contributed by atoms with Gasteiger partial charge in [-0.1, -0.05) is 46.7 Å². The fourth-order valence-corrected chi connectivity index (χ4v) is 8.63. The minimum absolute atomic E-state index is 0.00194. The normalized spacial score (nSPS) is 15.3. The molecule has 0 saturated carbocycles.